The number of rotatable bonds is 8. The molecule has 1 aliphatic heterocycles. The van der Waals surface area contributed by atoms with Crippen LogP contribution >= 0.6 is 0 Å². The lowest BCUT2D eigenvalue weighted by Crippen LogP contribution is -2.32. The molecule has 0 fully saturated rings. The molecule has 6 nitrogen and oxygen atoms in total. The number of hydrogen-bond acceptors (Lipinski definition) is 4. The summed E-state index contributed by atoms with van der Waals surface area (Å²) in [4.78, 5) is 24.2. The number of para-hydroxylation sites is 1. The van der Waals surface area contributed by atoms with Crippen LogP contribution in [0.5, 0.6) is 5.75 Å². The van der Waals surface area contributed by atoms with Gasteiger partial charge in [-0.15, -0.1) is 0 Å². The molecule has 148 valence electrons. The molecule has 0 saturated heterocycles. The molecule has 6 heteroatoms. The molecule has 0 aromatic heterocycles. The highest BCUT2D eigenvalue weighted by Crippen LogP contribution is 2.27. The average molecular weight is 381 g/mol. The summed E-state index contributed by atoms with van der Waals surface area (Å²) in [6, 6.07) is 13.3. The molecule has 2 aromatic rings. The maximum Gasteiger partial charge on any atom is 0.222 e. The highest BCUT2D eigenvalue weighted by atomic mass is 16.5. The normalized spacial score (nSPS) is 13.5. The van der Waals surface area contributed by atoms with Gasteiger partial charge in [0.1, 0.15) is 5.75 Å². The fourth-order valence-electron chi connectivity index (χ4n) is 3.46. The molecule has 0 bridgehead atoms. The van der Waals surface area contributed by atoms with Crippen LogP contribution < -0.4 is 20.7 Å². The summed E-state index contributed by atoms with van der Waals surface area (Å²) in [5.41, 5.74) is 4.47. The van der Waals surface area contributed by atoms with E-state index in [-0.39, 0.29) is 18.2 Å². The van der Waals surface area contributed by atoms with E-state index < -0.39 is 6.04 Å². The lowest BCUT2D eigenvalue weighted by atomic mass is 10.0. The van der Waals surface area contributed by atoms with Crippen molar-refractivity contribution >= 4 is 11.8 Å². The zero-order valence-electron chi connectivity index (χ0n) is 16.4. The number of carbonyl (C=O) groups is 2. The molecule has 3 N–H and O–H groups in total. The van der Waals surface area contributed by atoms with Crippen molar-refractivity contribution in [1.82, 2.24) is 16.0 Å². The third-order valence-electron chi connectivity index (χ3n) is 4.75. The second-order valence-electron chi connectivity index (χ2n) is 6.91. The maximum atomic E-state index is 12.6. The van der Waals surface area contributed by atoms with E-state index in [2.05, 4.69) is 28.1 Å². The Hall–Kier alpha value is -2.86. The summed E-state index contributed by atoms with van der Waals surface area (Å²) in [5.74, 6) is 0.376. The topological polar surface area (TPSA) is 79.5 Å². The van der Waals surface area contributed by atoms with Crippen molar-refractivity contribution < 1.29 is 14.3 Å². The molecule has 0 aliphatic carbocycles. The summed E-state index contributed by atoms with van der Waals surface area (Å²) < 4.78 is 5.66. The largest absolute Gasteiger partial charge is 0.494 e. The highest BCUT2D eigenvalue weighted by Gasteiger charge is 2.20. The molecule has 1 unspecified atom stereocenters. The Kier molecular flexibility index (Phi) is 6.66. The number of fused-ring (bicyclic) bond motifs is 1. The maximum absolute atomic E-state index is 12.6. The van der Waals surface area contributed by atoms with Crippen molar-refractivity contribution in [3.8, 4) is 5.75 Å². The van der Waals surface area contributed by atoms with Gasteiger partial charge in [0, 0.05) is 32.1 Å². The van der Waals surface area contributed by atoms with Crippen molar-refractivity contribution in [2.45, 2.75) is 45.9 Å². The van der Waals surface area contributed by atoms with Crippen LogP contribution in [0.4, 0.5) is 0 Å². The zero-order chi connectivity index (χ0) is 19.9. The molecule has 1 aliphatic rings. The monoisotopic (exact) mass is 381 g/mol. The minimum atomic E-state index is -0.440. The van der Waals surface area contributed by atoms with E-state index in [1.807, 2.05) is 37.3 Å². The quantitative estimate of drug-likeness (QED) is 0.657. The number of ether oxygens (including phenoxy) is 1. The second-order valence-corrected chi connectivity index (χ2v) is 6.91. The van der Waals surface area contributed by atoms with Crippen LogP contribution in [0.25, 0.3) is 0 Å². The minimum absolute atomic E-state index is 0.122. The molecule has 1 heterocycles. The smallest absolute Gasteiger partial charge is 0.222 e. The summed E-state index contributed by atoms with van der Waals surface area (Å²) in [6.45, 7) is 6.11. The fourth-order valence-corrected chi connectivity index (χ4v) is 3.46. The SMILES string of the molecule is CCOc1ccccc1C(CC(=O)NCc1ccc2c(c1)CNC2)NC(C)=O. The first kappa shape index (κ1) is 19.9. The predicted octanol–water partition coefficient (Wildman–Crippen LogP) is 2.57. The molecule has 1 atom stereocenters. The van der Waals surface area contributed by atoms with Crippen LogP contribution in [-0.4, -0.2) is 18.4 Å². The van der Waals surface area contributed by atoms with Gasteiger partial charge in [-0.25, -0.2) is 0 Å². The van der Waals surface area contributed by atoms with Crippen molar-refractivity contribution in [2.75, 3.05) is 6.61 Å². The van der Waals surface area contributed by atoms with E-state index in [9.17, 15) is 9.59 Å². The molecule has 2 aromatic carbocycles. The average Bonchev–Trinajstić information content (AvgIpc) is 3.14. The lowest BCUT2D eigenvalue weighted by molar-refractivity contribution is -0.122. The Balaban J connectivity index is 1.65. The van der Waals surface area contributed by atoms with Gasteiger partial charge in [-0.2, -0.15) is 0 Å². The summed E-state index contributed by atoms with van der Waals surface area (Å²) in [7, 11) is 0. The van der Waals surface area contributed by atoms with Crippen LogP contribution in [0.2, 0.25) is 0 Å². The van der Waals surface area contributed by atoms with Gasteiger partial charge < -0.3 is 20.7 Å². The molecule has 2 amide bonds. The van der Waals surface area contributed by atoms with Gasteiger partial charge in [0.05, 0.1) is 19.1 Å². The van der Waals surface area contributed by atoms with Crippen LogP contribution in [0.1, 0.15) is 48.6 Å². The minimum Gasteiger partial charge on any atom is -0.494 e. The number of hydrogen-bond donors (Lipinski definition) is 3. The Morgan fingerprint density at radius 2 is 1.93 bits per heavy atom. The lowest BCUT2D eigenvalue weighted by Gasteiger charge is -2.21. The first-order valence-electron chi connectivity index (χ1n) is 9.63. The third-order valence-corrected chi connectivity index (χ3v) is 4.75. The van der Waals surface area contributed by atoms with Crippen LogP contribution in [0, 0.1) is 0 Å². The van der Waals surface area contributed by atoms with E-state index in [1.54, 1.807) is 0 Å². The Morgan fingerprint density at radius 3 is 2.71 bits per heavy atom. The van der Waals surface area contributed by atoms with Gasteiger partial charge in [0.25, 0.3) is 0 Å². The molecule has 0 spiro atoms. The highest BCUT2D eigenvalue weighted by molar-refractivity contribution is 5.79. The fraction of sp³-hybridized carbons (Fsp3) is 0.364. The van der Waals surface area contributed by atoms with E-state index in [4.69, 9.17) is 4.74 Å². The standard InChI is InChI=1S/C22H27N3O3/c1-3-28-21-7-5-4-6-19(21)20(25-15(2)26)11-22(27)24-12-16-8-9-17-13-23-14-18(17)10-16/h4-10,20,23H,3,11-14H2,1-2H3,(H,24,27)(H,25,26). The summed E-state index contributed by atoms with van der Waals surface area (Å²) in [6.07, 6.45) is 0.149. The van der Waals surface area contributed by atoms with Gasteiger partial charge in [0.2, 0.25) is 11.8 Å². The molecular formula is C22H27N3O3. The van der Waals surface area contributed by atoms with E-state index in [1.165, 1.54) is 18.1 Å². The van der Waals surface area contributed by atoms with E-state index in [0.29, 0.717) is 18.9 Å². The van der Waals surface area contributed by atoms with Crippen LogP contribution in [0.15, 0.2) is 42.5 Å². The molecular weight excluding hydrogens is 354 g/mol. The second kappa shape index (κ2) is 9.37. The number of amides is 2. The van der Waals surface area contributed by atoms with Gasteiger partial charge in [0.15, 0.2) is 0 Å². The van der Waals surface area contributed by atoms with Gasteiger partial charge in [-0.1, -0.05) is 36.4 Å². The number of nitrogens with one attached hydrogen (secondary N) is 3. The molecule has 3 rings (SSSR count). The predicted molar refractivity (Wildman–Crippen MR) is 108 cm³/mol. The first-order valence-corrected chi connectivity index (χ1v) is 9.63. The van der Waals surface area contributed by atoms with E-state index >= 15 is 0 Å². The van der Waals surface area contributed by atoms with Gasteiger partial charge in [-0.3, -0.25) is 9.59 Å². The Morgan fingerprint density at radius 1 is 1.14 bits per heavy atom. The van der Waals surface area contributed by atoms with Crippen molar-refractivity contribution in [2.24, 2.45) is 0 Å². The van der Waals surface area contributed by atoms with Crippen molar-refractivity contribution in [3.05, 3.63) is 64.7 Å². The van der Waals surface area contributed by atoms with Gasteiger partial charge >= 0.3 is 0 Å². The van der Waals surface area contributed by atoms with Crippen LogP contribution in [0.3, 0.4) is 0 Å². The Bertz CT molecular complexity index is 851. The molecule has 0 radical (unpaired) electrons. The number of carbonyl (C=O) groups excluding carboxylic acids is 2. The summed E-state index contributed by atoms with van der Waals surface area (Å²) >= 11 is 0. The zero-order valence-corrected chi connectivity index (χ0v) is 16.4. The van der Waals surface area contributed by atoms with E-state index in [0.717, 1.165) is 24.2 Å². The van der Waals surface area contributed by atoms with Crippen molar-refractivity contribution in [3.63, 3.8) is 0 Å². The molecule has 0 saturated carbocycles. The Labute approximate surface area is 165 Å². The molecule has 28 heavy (non-hydrogen) atoms. The van der Waals surface area contributed by atoms with Crippen molar-refractivity contribution in [1.29, 1.82) is 0 Å². The number of benzene rings is 2. The van der Waals surface area contributed by atoms with Gasteiger partial charge in [-0.05, 0) is 29.7 Å². The summed E-state index contributed by atoms with van der Waals surface area (Å²) in [5, 5.41) is 9.15. The first-order chi connectivity index (χ1) is 13.6. The third kappa shape index (κ3) is 5.10. The van der Waals surface area contributed by atoms with Crippen LogP contribution in [-0.2, 0) is 29.2 Å².